The van der Waals surface area contributed by atoms with Crippen LogP contribution in [0, 0.1) is 0 Å². The molecule has 0 aliphatic carbocycles. The summed E-state index contributed by atoms with van der Waals surface area (Å²) in [6, 6.07) is 4.25. The summed E-state index contributed by atoms with van der Waals surface area (Å²) in [6.45, 7) is 4.37. The minimum absolute atomic E-state index is 1.34. The third-order valence-electron chi connectivity index (χ3n) is 1.81. The molecule has 3 heteroatoms. The van der Waals surface area contributed by atoms with Crippen LogP contribution in [0.4, 0.5) is 0 Å². The van der Waals surface area contributed by atoms with Crippen molar-refractivity contribution >= 4 is 40.9 Å². The maximum absolute atomic E-state index is 2.26. The average Bonchev–Trinajstić information content (AvgIpc) is 2.64. The Balaban J connectivity index is 2.15. The number of rotatable bonds is 1. The van der Waals surface area contributed by atoms with E-state index in [0.717, 1.165) is 0 Å². The van der Waals surface area contributed by atoms with Gasteiger partial charge in [-0.3, -0.25) is 0 Å². The normalized spacial score (nSPS) is 16.9. The first-order chi connectivity index (χ1) is 6.25. The van der Waals surface area contributed by atoms with E-state index in [2.05, 4.69) is 37.4 Å². The SMILES string of the molecule is CC1=C(C)SC(=Cc2cccs2)S1. The average molecular weight is 226 g/mol. The molecule has 68 valence electrons. The van der Waals surface area contributed by atoms with Crippen molar-refractivity contribution in [3.05, 3.63) is 36.4 Å². The van der Waals surface area contributed by atoms with Crippen LogP contribution < -0.4 is 0 Å². The van der Waals surface area contributed by atoms with Crippen molar-refractivity contribution in [1.82, 2.24) is 0 Å². The summed E-state index contributed by atoms with van der Waals surface area (Å²) in [4.78, 5) is 4.22. The molecule has 1 aromatic rings. The fourth-order valence-electron chi connectivity index (χ4n) is 1.01. The van der Waals surface area contributed by atoms with Crippen LogP contribution in [0.15, 0.2) is 31.6 Å². The van der Waals surface area contributed by atoms with E-state index in [9.17, 15) is 0 Å². The van der Waals surface area contributed by atoms with Gasteiger partial charge >= 0.3 is 0 Å². The van der Waals surface area contributed by atoms with Gasteiger partial charge in [-0.15, -0.1) is 11.3 Å². The summed E-state index contributed by atoms with van der Waals surface area (Å²) in [5.41, 5.74) is 0. The molecule has 0 spiro atoms. The predicted molar refractivity (Wildman–Crippen MR) is 65.9 cm³/mol. The van der Waals surface area contributed by atoms with Gasteiger partial charge in [0.2, 0.25) is 0 Å². The molecular weight excluding hydrogens is 216 g/mol. The van der Waals surface area contributed by atoms with E-state index in [1.165, 1.54) is 18.9 Å². The van der Waals surface area contributed by atoms with E-state index in [1.54, 1.807) is 11.3 Å². The molecule has 0 aromatic carbocycles. The molecule has 2 rings (SSSR count). The molecule has 0 unspecified atom stereocenters. The monoisotopic (exact) mass is 226 g/mol. The first kappa shape index (κ1) is 9.44. The zero-order valence-electron chi connectivity index (χ0n) is 7.53. The molecule has 1 aromatic heterocycles. The van der Waals surface area contributed by atoms with Gasteiger partial charge in [0.25, 0.3) is 0 Å². The van der Waals surface area contributed by atoms with E-state index in [0.29, 0.717) is 0 Å². The van der Waals surface area contributed by atoms with Crippen molar-refractivity contribution in [2.24, 2.45) is 0 Å². The summed E-state index contributed by atoms with van der Waals surface area (Å²) in [6.07, 6.45) is 2.26. The zero-order valence-corrected chi connectivity index (χ0v) is 9.98. The van der Waals surface area contributed by atoms with Crippen LogP contribution in [-0.2, 0) is 0 Å². The zero-order chi connectivity index (χ0) is 9.26. The van der Waals surface area contributed by atoms with Crippen molar-refractivity contribution in [3.8, 4) is 0 Å². The fourth-order valence-corrected chi connectivity index (χ4v) is 4.25. The molecule has 0 atom stereocenters. The first-order valence-corrected chi connectivity index (χ1v) is 6.55. The summed E-state index contributed by atoms with van der Waals surface area (Å²) in [5, 5.41) is 2.11. The number of hydrogen-bond acceptors (Lipinski definition) is 3. The molecule has 0 saturated carbocycles. The Bertz CT molecular complexity index is 342. The van der Waals surface area contributed by atoms with Gasteiger partial charge in [-0.2, -0.15) is 0 Å². The minimum Gasteiger partial charge on any atom is -0.144 e. The van der Waals surface area contributed by atoms with Gasteiger partial charge in [0.15, 0.2) is 0 Å². The van der Waals surface area contributed by atoms with Crippen molar-refractivity contribution in [3.63, 3.8) is 0 Å². The van der Waals surface area contributed by atoms with Crippen LogP contribution in [-0.4, -0.2) is 0 Å². The second kappa shape index (κ2) is 3.95. The second-order valence-corrected chi connectivity index (χ2v) is 6.55. The van der Waals surface area contributed by atoms with Crippen LogP contribution in [0.1, 0.15) is 18.7 Å². The van der Waals surface area contributed by atoms with Gasteiger partial charge in [-0.05, 0) is 41.2 Å². The molecule has 2 heterocycles. The largest absolute Gasteiger partial charge is 0.144 e. The van der Waals surface area contributed by atoms with Crippen LogP contribution >= 0.6 is 34.9 Å². The van der Waals surface area contributed by atoms with Crippen molar-refractivity contribution in [2.45, 2.75) is 13.8 Å². The summed E-state index contributed by atoms with van der Waals surface area (Å²) in [5.74, 6) is 0. The lowest BCUT2D eigenvalue weighted by molar-refractivity contribution is 1.57. The van der Waals surface area contributed by atoms with Crippen molar-refractivity contribution in [1.29, 1.82) is 0 Å². The van der Waals surface area contributed by atoms with Gasteiger partial charge in [0.05, 0.1) is 4.24 Å². The molecule has 13 heavy (non-hydrogen) atoms. The second-order valence-electron chi connectivity index (χ2n) is 2.80. The molecule has 0 amide bonds. The summed E-state index contributed by atoms with van der Waals surface area (Å²) < 4.78 is 1.40. The molecule has 0 radical (unpaired) electrons. The smallest absolute Gasteiger partial charge is 0.0506 e. The Kier molecular flexibility index (Phi) is 2.86. The van der Waals surface area contributed by atoms with E-state index in [4.69, 9.17) is 0 Å². The number of hydrogen-bond donors (Lipinski definition) is 0. The van der Waals surface area contributed by atoms with Crippen LogP contribution in [0.3, 0.4) is 0 Å². The highest BCUT2D eigenvalue weighted by Crippen LogP contribution is 2.49. The molecule has 0 nitrogen and oxygen atoms in total. The molecule has 0 fully saturated rings. The highest BCUT2D eigenvalue weighted by atomic mass is 32.2. The Hall–Kier alpha value is -0.120. The highest BCUT2D eigenvalue weighted by molar-refractivity contribution is 8.28. The third kappa shape index (κ3) is 2.22. The summed E-state index contributed by atoms with van der Waals surface area (Å²) in [7, 11) is 0. The predicted octanol–water partition coefficient (Wildman–Crippen LogP) is 4.78. The Morgan fingerprint density at radius 3 is 2.38 bits per heavy atom. The van der Waals surface area contributed by atoms with E-state index in [1.807, 2.05) is 23.5 Å². The van der Waals surface area contributed by atoms with E-state index >= 15 is 0 Å². The van der Waals surface area contributed by atoms with Gasteiger partial charge in [0, 0.05) is 4.88 Å². The van der Waals surface area contributed by atoms with Crippen LogP contribution in [0.2, 0.25) is 0 Å². The van der Waals surface area contributed by atoms with Gasteiger partial charge in [0.1, 0.15) is 0 Å². The summed E-state index contributed by atoms with van der Waals surface area (Å²) >= 11 is 5.56. The first-order valence-electron chi connectivity index (χ1n) is 4.04. The third-order valence-corrected chi connectivity index (χ3v) is 5.12. The standard InChI is InChI=1S/C10H10S3/c1-7-8(2)13-10(12-7)6-9-4-3-5-11-9/h3-6H,1-2H3. The lowest BCUT2D eigenvalue weighted by Crippen LogP contribution is -1.61. The quantitative estimate of drug-likeness (QED) is 0.676. The highest BCUT2D eigenvalue weighted by Gasteiger charge is 2.13. The van der Waals surface area contributed by atoms with Crippen LogP contribution in [0.5, 0.6) is 0 Å². The van der Waals surface area contributed by atoms with Gasteiger partial charge in [-0.25, -0.2) is 0 Å². The van der Waals surface area contributed by atoms with Crippen LogP contribution in [0.25, 0.3) is 6.08 Å². The lowest BCUT2D eigenvalue weighted by atomic mass is 10.5. The minimum atomic E-state index is 1.34. The molecule has 0 saturated heterocycles. The van der Waals surface area contributed by atoms with Gasteiger partial charge < -0.3 is 0 Å². The Labute approximate surface area is 91.1 Å². The Morgan fingerprint density at radius 2 is 1.85 bits per heavy atom. The maximum Gasteiger partial charge on any atom is 0.0506 e. The lowest BCUT2D eigenvalue weighted by Gasteiger charge is -1.92. The van der Waals surface area contributed by atoms with Crippen molar-refractivity contribution < 1.29 is 0 Å². The molecule has 1 aliphatic heterocycles. The molecule has 0 N–H and O–H groups in total. The van der Waals surface area contributed by atoms with Crippen molar-refractivity contribution in [2.75, 3.05) is 0 Å². The van der Waals surface area contributed by atoms with E-state index in [-0.39, 0.29) is 0 Å². The topological polar surface area (TPSA) is 0 Å². The Morgan fingerprint density at radius 1 is 1.15 bits per heavy atom. The molecular formula is C10H10S3. The number of allylic oxidation sites excluding steroid dienone is 2. The van der Waals surface area contributed by atoms with E-state index < -0.39 is 0 Å². The maximum atomic E-state index is 2.26. The fraction of sp³-hybridized carbons (Fsp3) is 0.200. The molecule has 1 aliphatic rings. The number of thioether (sulfide) groups is 2. The van der Waals surface area contributed by atoms with Gasteiger partial charge in [-0.1, -0.05) is 29.6 Å². The molecule has 0 bridgehead atoms. The number of thiophene rings is 1.